The van der Waals surface area contributed by atoms with Crippen LogP contribution in [0.3, 0.4) is 0 Å². The monoisotopic (exact) mass is 381 g/mol. The molecule has 0 unspecified atom stereocenters. The van der Waals surface area contributed by atoms with Crippen LogP contribution in [0.15, 0.2) is 30.5 Å². The Morgan fingerprint density at radius 1 is 1.32 bits per heavy atom. The Hall–Kier alpha value is -1.70. The zero-order chi connectivity index (χ0) is 18.0. The van der Waals surface area contributed by atoms with E-state index in [1.165, 1.54) is 4.31 Å². The van der Waals surface area contributed by atoms with Crippen molar-refractivity contribution < 1.29 is 13.2 Å². The van der Waals surface area contributed by atoms with Crippen LogP contribution in [0.5, 0.6) is 0 Å². The van der Waals surface area contributed by atoms with Crippen molar-refractivity contribution in [3.05, 3.63) is 35.5 Å². The van der Waals surface area contributed by atoms with Crippen molar-refractivity contribution in [2.75, 3.05) is 24.2 Å². The number of halogens is 1. The summed E-state index contributed by atoms with van der Waals surface area (Å²) in [7, 11) is -3.18. The summed E-state index contributed by atoms with van der Waals surface area (Å²) in [5.41, 5.74) is 1.31. The van der Waals surface area contributed by atoms with Gasteiger partial charge in [0.1, 0.15) is 0 Å². The second-order valence-electron chi connectivity index (χ2n) is 6.06. The van der Waals surface area contributed by atoms with Crippen molar-refractivity contribution >= 4 is 44.1 Å². The first-order valence-electron chi connectivity index (χ1n) is 8.24. The van der Waals surface area contributed by atoms with Gasteiger partial charge >= 0.3 is 0 Å². The number of nitrogens with one attached hydrogen (secondary N) is 1. The molecule has 2 aromatic rings. The van der Waals surface area contributed by atoms with Crippen LogP contribution in [0.4, 0.5) is 5.69 Å². The molecular formula is C17H20ClN3O3S. The Kier molecular flexibility index (Phi) is 5.27. The second kappa shape index (κ2) is 7.27. The van der Waals surface area contributed by atoms with Crippen LogP contribution in [0, 0.1) is 5.92 Å². The molecule has 8 heteroatoms. The van der Waals surface area contributed by atoms with Gasteiger partial charge in [0.05, 0.1) is 22.0 Å². The smallest absolute Gasteiger partial charge is 0.227 e. The van der Waals surface area contributed by atoms with E-state index in [2.05, 4.69) is 10.3 Å². The number of amides is 1. The number of carbonyl (C=O) groups is 1. The summed E-state index contributed by atoms with van der Waals surface area (Å²) in [4.78, 5) is 16.8. The number of nitrogens with zero attached hydrogens (tertiary/aromatic N) is 2. The van der Waals surface area contributed by atoms with Crippen LogP contribution in [-0.4, -0.2) is 42.5 Å². The maximum absolute atomic E-state index is 12.6. The number of anilines is 1. The maximum atomic E-state index is 12.6. The summed E-state index contributed by atoms with van der Waals surface area (Å²) < 4.78 is 25.3. The Bertz CT molecular complexity index is 893. The number of pyridine rings is 1. The maximum Gasteiger partial charge on any atom is 0.227 e. The molecule has 134 valence electrons. The third kappa shape index (κ3) is 3.78. The predicted molar refractivity (Wildman–Crippen MR) is 99.1 cm³/mol. The SMILES string of the molecule is CCS(=O)(=O)N1CCC(C(=O)Nc2ccc(Cl)c3ncccc23)CC1. The van der Waals surface area contributed by atoms with E-state index < -0.39 is 10.0 Å². The van der Waals surface area contributed by atoms with E-state index in [0.29, 0.717) is 42.2 Å². The van der Waals surface area contributed by atoms with Crippen LogP contribution < -0.4 is 5.32 Å². The van der Waals surface area contributed by atoms with Gasteiger partial charge in [-0.1, -0.05) is 11.6 Å². The van der Waals surface area contributed by atoms with Gasteiger partial charge in [0.2, 0.25) is 15.9 Å². The second-order valence-corrected chi connectivity index (χ2v) is 8.72. The molecule has 3 rings (SSSR count). The van der Waals surface area contributed by atoms with E-state index in [4.69, 9.17) is 11.6 Å². The molecule has 1 amide bonds. The molecule has 2 heterocycles. The molecule has 0 radical (unpaired) electrons. The molecule has 25 heavy (non-hydrogen) atoms. The lowest BCUT2D eigenvalue weighted by atomic mass is 9.97. The third-order valence-electron chi connectivity index (χ3n) is 4.56. The van der Waals surface area contributed by atoms with E-state index in [9.17, 15) is 13.2 Å². The van der Waals surface area contributed by atoms with Gasteiger partial charge in [0, 0.05) is 30.6 Å². The van der Waals surface area contributed by atoms with Crippen LogP contribution in [-0.2, 0) is 14.8 Å². The minimum absolute atomic E-state index is 0.0909. The van der Waals surface area contributed by atoms with Crippen molar-refractivity contribution in [1.29, 1.82) is 0 Å². The highest BCUT2D eigenvalue weighted by Crippen LogP contribution is 2.29. The summed E-state index contributed by atoms with van der Waals surface area (Å²) >= 11 is 6.15. The van der Waals surface area contributed by atoms with Crippen molar-refractivity contribution in [2.24, 2.45) is 5.92 Å². The molecule has 1 fully saturated rings. The highest BCUT2D eigenvalue weighted by molar-refractivity contribution is 7.89. The van der Waals surface area contributed by atoms with E-state index >= 15 is 0 Å². The van der Waals surface area contributed by atoms with Crippen molar-refractivity contribution in [2.45, 2.75) is 19.8 Å². The number of aromatic nitrogens is 1. The van der Waals surface area contributed by atoms with Gasteiger partial charge in [-0.15, -0.1) is 0 Å². The molecule has 0 aliphatic carbocycles. The van der Waals surface area contributed by atoms with E-state index in [0.717, 1.165) is 5.39 Å². The highest BCUT2D eigenvalue weighted by atomic mass is 35.5. The topological polar surface area (TPSA) is 79.4 Å². The molecule has 6 nitrogen and oxygen atoms in total. The molecule has 1 aliphatic heterocycles. The number of piperidine rings is 1. The van der Waals surface area contributed by atoms with Crippen molar-refractivity contribution in [3.63, 3.8) is 0 Å². The zero-order valence-corrected chi connectivity index (χ0v) is 15.5. The lowest BCUT2D eigenvalue weighted by molar-refractivity contribution is -0.120. The molecule has 1 saturated heterocycles. The van der Waals surface area contributed by atoms with Crippen LogP contribution in [0.1, 0.15) is 19.8 Å². The van der Waals surface area contributed by atoms with Gasteiger partial charge in [0.15, 0.2) is 0 Å². The minimum Gasteiger partial charge on any atom is -0.325 e. The normalized spacial score (nSPS) is 16.9. The quantitative estimate of drug-likeness (QED) is 0.883. The summed E-state index contributed by atoms with van der Waals surface area (Å²) in [6.45, 7) is 2.40. The molecule has 0 saturated carbocycles. The number of hydrogen-bond donors (Lipinski definition) is 1. The Balaban J connectivity index is 1.71. The number of benzene rings is 1. The molecule has 1 aliphatic rings. The molecule has 0 spiro atoms. The van der Waals surface area contributed by atoms with Crippen molar-refractivity contribution in [1.82, 2.24) is 9.29 Å². The molecule has 0 bridgehead atoms. The summed E-state index contributed by atoms with van der Waals surface area (Å²) in [6.07, 6.45) is 2.70. The van der Waals surface area contributed by atoms with Crippen LogP contribution >= 0.6 is 11.6 Å². The predicted octanol–water partition coefficient (Wildman–Crippen LogP) is 2.89. The molecule has 1 N–H and O–H groups in total. The largest absolute Gasteiger partial charge is 0.325 e. The first-order valence-corrected chi connectivity index (χ1v) is 10.2. The first kappa shape index (κ1) is 18.1. The van der Waals surface area contributed by atoms with E-state index in [1.807, 2.05) is 6.07 Å². The number of fused-ring (bicyclic) bond motifs is 1. The van der Waals surface area contributed by atoms with Gasteiger partial charge in [-0.05, 0) is 44.0 Å². The van der Waals surface area contributed by atoms with Gasteiger partial charge in [-0.3, -0.25) is 9.78 Å². The minimum atomic E-state index is -3.18. The fourth-order valence-electron chi connectivity index (χ4n) is 3.06. The molecular weight excluding hydrogens is 362 g/mol. The summed E-state index contributed by atoms with van der Waals surface area (Å²) in [5, 5.41) is 4.26. The van der Waals surface area contributed by atoms with E-state index in [1.54, 1.807) is 31.3 Å². The average molecular weight is 382 g/mol. The summed E-state index contributed by atoms with van der Waals surface area (Å²) in [5.74, 6) is -0.208. The molecule has 0 atom stereocenters. The molecule has 1 aromatic carbocycles. The first-order chi connectivity index (χ1) is 11.9. The highest BCUT2D eigenvalue weighted by Gasteiger charge is 2.30. The standard InChI is InChI=1S/C17H20ClN3O3S/c1-2-25(23,24)21-10-7-12(8-11-21)17(22)20-15-6-5-14(18)16-13(15)4-3-9-19-16/h3-6,9,12H,2,7-8,10-11H2,1H3,(H,20,22). The zero-order valence-electron chi connectivity index (χ0n) is 13.9. The van der Waals surface area contributed by atoms with Gasteiger partial charge < -0.3 is 5.32 Å². The number of sulfonamides is 1. The van der Waals surface area contributed by atoms with Crippen LogP contribution in [0.2, 0.25) is 5.02 Å². The fourth-order valence-corrected chi connectivity index (χ4v) is 4.41. The lowest BCUT2D eigenvalue weighted by Crippen LogP contribution is -2.42. The molecule has 1 aromatic heterocycles. The Morgan fingerprint density at radius 3 is 2.72 bits per heavy atom. The van der Waals surface area contributed by atoms with Gasteiger partial charge in [-0.25, -0.2) is 12.7 Å². The Labute approximate surface area is 152 Å². The summed E-state index contributed by atoms with van der Waals surface area (Å²) in [6, 6.07) is 7.13. The fraction of sp³-hybridized carbons (Fsp3) is 0.412. The number of hydrogen-bond acceptors (Lipinski definition) is 4. The van der Waals surface area contributed by atoms with Crippen molar-refractivity contribution in [3.8, 4) is 0 Å². The van der Waals surface area contributed by atoms with E-state index in [-0.39, 0.29) is 17.6 Å². The number of rotatable bonds is 4. The number of carbonyl (C=O) groups excluding carboxylic acids is 1. The van der Waals surface area contributed by atoms with Gasteiger partial charge in [-0.2, -0.15) is 0 Å². The van der Waals surface area contributed by atoms with Gasteiger partial charge in [0.25, 0.3) is 0 Å². The third-order valence-corrected chi connectivity index (χ3v) is 6.75. The average Bonchev–Trinajstić information content (AvgIpc) is 2.64. The lowest BCUT2D eigenvalue weighted by Gasteiger charge is -2.30. The van der Waals surface area contributed by atoms with Crippen LogP contribution in [0.25, 0.3) is 10.9 Å². The Morgan fingerprint density at radius 2 is 2.04 bits per heavy atom.